The molecule has 13 heteroatoms. The number of hydrogen-bond donors (Lipinski definition) is 3. The van der Waals surface area contributed by atoms with Gasteiger partial charge in [-0.25, -0.2) is 19.2 Å². The number of carbonyl (C=O) groups excluding carboxylic acids is 1. The second kappa shape index (κ2) is 10.5. The highest BCUT2D eigenvalue weighted by Crippen LogP contribution is 2.44. The zero-order valence-electron chi connectivity index (χ0n) is 18.4. The zero-order valence-corrected chi connectivity index (χ0v) is 20.0. The molecule has 4 rings (SSSR count). The van der Waals surface area contributed by atoms with Crippen LogP contribution in [0.5, 0.6) is 0 Å². The number of rotatable bonds is 6. The van der Waals surface area contributed by atoms with E-state index in [9.17, 15) is 18.0 Å². The highest BCUT2D eigenvalue weighted by Gasteiger charge is 2.41. The SMILES string of the molecule is CNC(=O)NC1CC2=C(C(C=NC(F)F)=CN)[C@H](c3ccc(F)cc3Cl)N=C(c3nccs3)N2C1. The fourth-order valence-corrected chi connectivity index (χ4v) is 5.00. The lowest BCUT2D eigenvalue weighted by atomic mass is 9.89. The molecule has 1 unspecified atom stereocenters. The van der Waals surface area contributed by atoms with E-state index in [1.54, 1.807) is 11.6 Å². The Morgan fingerprint density at radius 2 is 2.23 bits per heavy atom. The van der Waals surface area contributed by atoms with E-state index in [4.69, 9.17) is 22.3 Å². The van der Waals surface area contributed by atoms with Crippen molar-refractivity contribution in [2.24, 2.45) is 15.7 Å². The van der Waals surface area contributed by atoms with E-state index in [1.165, 1.54) is 36.7 Å². The minimum atomic E-state index is -2.94. The third-order valence-corrected chi connectivity index (χ3v) is 6.62. The lowest BCUT2D eigenvalue weighted by molar-refractivity contribution is 0.160. The highest BCUT2D eigenvalue weighted by molar-refractivity contribution is 7.11. The summed E-state index contributed by atoms with van der Waals surface area (Å²) in [5, 5.41) is 7.93. The van der Waals surface area contributed by atoms with E-state index < -0.39 is 18.4 Å². The number of halogens is 4. The number of nitrogens with one attached hydrogen (secondary N) is 2. The van der Waals surface area contributed by atoms with Crippen LogP contribution >= 0.6 is 22.9 Å². The van der Waals surface area contributed by atoms with Crippen molar-refractivity contribution in [1.29, 1.82) is 0 Å². The summed E-state index contributed by atoms with van der Waals surface area (Å²) in [6, 6.07) is 2.41. The maximum Gasteiger partial charge on any atom is 0.331 e. The molecule has 2 atom stereocenters. The average molecular weight is 524 g/mol. The molecule has 1 fully saturated rings. The molecule has 2 amide bonds. The molecule has 2 aliphatic rings. The predicted molar refractivity (Wildman–Crippen MR) is 129 cm³/mol. The molecule has 0 bridgehead atoms. The Morgan fingerprint density at radius 1 is 1.43 bits per heavy atom. The third-order valence-electron chi connectivity index (χ3n) is 5.52. The largest absolute Gasteiger partial charge is 0.404 e. The van der Waals surface area contributed by atoms with Gasteiger partial charge >= 0.3 is 12.6 Å². The molecule has 1 saturated heterocycles. The maximum absolute atomic E-state index is 13.8. The van der Waals surface area contributed by atoms with Crippen LogP contribution in [0.25, 0.3) is 0 Å². The number of thiazole rings is 1. The molecule has 4 N–H and O–H groups in total. The minimum absolute atomic E-state index is 0.115. The van der Waals surface area contributed by atoms with Crippen LogP contribution in [0.4, 0.5) is 18.0 Å². The molecule has 8 nitrogen and oxygen atoms in total. The molecule has 184 valence electrons. The molecule has 2 aliphatic heterocycles. The Labute approximate surface area is 208 Å². The molecule has 35 heavy (non-hydrogen) atoms. The Hall–Kier alpha value is -3.38. The average Bonchev–Trinajstić information content (AvgIpc) is 3.49. The van der Waals surface area contributed by atoms with Gasteiger partial charge in [0.1, 0.15) is 11.9 Å². The zero-order chi connectivity index (χ0) is 25.1. The summed E-state index contributed by atoms with van der Waals surface area (Å²) >= 11 is 7.78. The van der Waals surface area contributed by atoms with Crippen LogP contribution in [0, 0.1) is 5.82 Å². The summed E-state index contributed by atoms with van der Waals surface area (Å²) in [5.41, 5.74) is 7.69. The van der Waals surface area contributed by atoms with Gasteiger partial charge in [-0.2, -0.15) is 8.78 Å². The second-order valence-electron chi connectivity index (χ2n) is 7.63. The number of aromatic nitrogens is 1. The number of aliphatic imine (C=N–C) groups is 2. The lowest BCUT2D eigenvalue weighted by Crippen LogP contribution is -2.43. The fourth-order valence-electron chi connectivity index (χ4n) is 4.09. The van der Waals surface area contributed by atoms with E-state index in [1.807, 2.05) is 4.90 Å². The number of nitrogens with two attached hydrogens (primary N) is 1. The monoisotopic (exact) mass is 523 g/mol. The van der Waals surface area contributed by atoms with Gasteiger partial charge in [-0.15, -0.1) is 11.3 Å². The van der Waals surface area contributed by atoms with Crippen molar-refractivity contribution < 1.29 is 18.0 Å². The van der Waals surface area contributed by atoms with E-state index in [0.717, 1.165) is 12.3 Å². The van der Waals surface area contributed by atoms with Crippen LogP contribution in [-0.4, -0.2) is 54.1 Å². The van der Waals surface area contributed by atoms with Crippen LogP contribution in [-0.2, 0) is 0 Å². The normalized spacial score (nSPS) is 20.5. The minimum Gasteiger partial charge on any atom is -0.404 e. The van der Waals surface area contributed by atoms with Gasteiger partial charge in [0, 0.05) is 65.9 Å². The number of fused-ring (bicyclic) bond motifs is 1. The Morgan fingerprint density at radius 3 is 2.86 bits per heavy atom. The summed E-state index contributed by atoms with van der Waals surface area (Å²) < 4.78 is 39.7. The third kappa shape index (κ3) is 5.17. The standard InChI is InChI=1S/C22H21ClF3N7OS/c1-28-22(34)31-13-7-16-17(11(8-27)9-30-21(25)26)18(14-3-2-12(24)6-15(14)23)32-19(33(16)10-13)20-29-4-5-35-20/h2-6,8-9,13,18,21H,7,10,27H2,1H3,(H2,28,31,34)/t13?,18-/m0/s1. The predicted octanol–water partition coefficient (Wildman–Crippen LogP) is 3.83. The summed E-state index contributed by atoms with van der Waals surface area (Å²) in [4.78, 5) is 26.4. The first-order valence-electron chi connectivity index (χ1n) is 10.5. The van der Waals surface area contributed by atoms with Crippen LogP contribution in [0.1, 0.15) is 23.0 Å². The molecule has 3 heterocycles. The van der Waals surface area contributed by atoms with Crippen LogP contribution < -0.4 is 16.4 Å². The molecule has 0 spiro atoms. The van der Waals surface area contributed by atoms with Gasteiger partial charge < -0.3 is 21.3 Å². The van der Waals surface area contributed by atoms with Crippen molar-refractivity contribution in [2.75, 3.05) is 13.6 Å². The number of nitrogens with zero attached hydrogens (tertiary/aromatic N) is 4. The number of amidine groups is 1. The number of alkyl halides is 2. The quantitative estimate of drug-likeness (QED) is 0.395. The van der Waals surface area contributed by atoms with Gasteiger partial charge in [-0.1, -0.05) is 17.7 Å². The molecular weight excluding hydrogens is 503 g/mol. The Bertz CT molecular complexity index is 1230. The summed E-state index contributed by atoms with van der Waals surface area (Å²) in [6.07, 6.45) is 4.14. The van der Waals surface area contributed by atoms with Crippen LogP contribution in [0.3, 0.4) is 0 Å². The van der Waals surface area contributed by atoms with Gasteiger partial charge in [0.05, 0.1) is 6.04 Å². The van der Waals surface area contributed by atoms with Gasteiger partial charge in [0.25, 0.3) is 0 Å². The lowest BCUT2D eigenvalue weighted by Gasteiger charge is -2.33. The molecule has 1 aromatic carbocycles. The maximum atomic E-state index is 13.8. The number of carbonyl (C=O) groups is 1. The molecule has 2 aromatic rings. The van der Waals surface area contributed by atoms with Crippen molar-refractivity contribution in [1.82, 2.24) is 20.5 Å². The van der Waals surface area contributed by atoms with Gasteiger partial charge in [-0.05, 0) is 17.7 Å². The van der Waals surface area contributed by atoms with Crippen LogP contribution in [0.2, 0.25) is 5.02 Å². The summed E-state index contributed by atoms with van der Waals surface area (Å²) in [7, 11) is 1.51. The summed E-state index contributed by atoms with van der Waals surface area (Å²) in [5.74, 6) is -0.00778. The van der Waals surface area contributed by atoms with Crippen molar-refractivity contribution in [2.45, 2.75) is 25.1 Å². The molecule has 0 saturated carbocycles. The van der Waals surface area contributed by atoms with Gasteiger partial charge in [0.15, 0.2) is 10.8 Å². The number of hydrogen-bond acceptors (Lipinski definition) is 7. The molecule has 0 radical (unpaired) electrons. The first-order chi connectivity index (χ1) is 16.8. The van der Waals surface area contributed by atoms with Crippen molar-refractivity contribution >= 4 is 41.0 Å². The van der Waals surface area contributed by atoms with E-state index in [2.05, 4.69) is 20.6 Å². The Balaban J connectivity index is 1.92. The molecule has 0 aliphatic carbocycles. The summed E-state index contributed by atoms with van der Waals surface area (Å²) in [6.45, 7) is -2.58. The number of benzene rings is 1. The molecular formula is C22H21ClF3N7OS. The topological polar surface area (TPSA) is 108 Å². The molecule has 1 aromatic heterocycles. The van der Waals surface area contributed by atoms with Crippen molar-refractivity contribution in [3.8, 4) is 0 Å². The number of amides is 2. The van der Waals surface area contributed by atoms with Crippen molar-refractivity contribution in [3.63, 3.8) is 0 Å². The van der Waals surface area contributed by atoms with Crippen LogP contribution in [0.15, 0.2) is 62.8 Å². The number of urea groups is 1. The fraction of sp³-hybridized carbons (Fsp3) is 0.273. The van der Waals surface area contributed by atoms with Crippen molar-refractivity contribution in [3.05, 3.63) is 74.2 Å². The Kier molecular flexibility index (Phi) is 7.41. The van der Waals surface area contributed by atoms with Gasteiger partial charge in [0.2, 0.25) is 0 Å². The first kappa shape index (κ1) is 24.7. The smallest absolute Gasteiger partial charge is 0.331 e. The van der Waals surface area contributed by atoms with E-state index >= 15 is 0 Å². The highest BCUT2D eigenvalue weighted by atomic mass is 35.5. The van der Waals surface area contributed by atoms with Gasteiger partial charge in [-0.3, -0.25) is 4.99 Å². The first-order valence-corrected chi connectivity index (χ1v) is 11.7. The van der Waals surface area contributed by atoms with E-state index in [-0.39, 0.29) is 22.7 Å². The second-order valence-corrected chi connectivity index (χ2v) is 8.93. The van der Waals surface area contributed by atoms with E-state index in [0.29, 0.717) is 40.6 Å².